The molecule has 2 aromatic heterocycles. The van der Waals surface area contributed by atoms with Crippen molar-refractivity contribution in [2.24, 2.45) is 0 Å². The van der Waals surface area contributed by atoms with Gasteiger partial charge in [0, 0.05) is 30.2 Å². The fourth-order valence-electron chi connectivity index (χ4n) is 2.72. The van der Waals surface area contributed by atoms with E-state index >= 15 is 0 Å². The van der Waals surface area contributed by atoms with Crippen molar-refractivity contribution in [1.29, 1.82) is 0 Å². The molecule has 1 amide bonds. The van der Waals surface area contributed by atoms with Gasteiger partial charge < -0.3 is 9.88 Å². The fourth-order valence-corrected chi connectivity index (χ4v) is 3.70. The van der Waals surface area contributed by atoms with Gasteiger partial charge in [-0.3, -0.25) is 4.79 Å². The van der Waals surface area contributed by atoms with E-state index in [2.05, 4.69) is 40.8 Å². The largest absolute Gasteiger partial charge is 0.348 e. The number of amides is 1. The number of hydrogen-bond acceptors (Lipinski definition) is 3. The smallest absolute Gasteiger partial charge is 0.222 e. The van der Waals surface area contributed by atoms with Gasteiger partial charge in [-0.1, -0.05) is 30.3 Å². The van der Waals surface area contributed by atoms with Crippen molar-refractivity contribution < 1.29 is 4.79 Å². The molecule has 5 heteroatoms. The first kappa shape index (κ1) is 16.5. The van der Waals surface area contributed by atoms with Crippen LogP contribution in [-0.2, 0) is 17.8 Å². The molecular weight excluding hydrogens is 318 g/mol. The van der Waals surface area contributed by atoms with Crippen molar-refractivity contribution in [2.45, 2.75) is 32.4 Å². The third-order valence-corrected chi connectivity index (χ3v) is 5.12. The number of aryl methyl sites for hydroxylation is 2. The summed E-state index contributed by atoms with van der Waals surface area (Å²) in [6.07, 6.45) is 6.59. The topological polar surface area (TPSA) is 46.9 Å². The number of thiophene rings is 1. The molecule has 0 saturated heterocycles. The summed E-state index contributed by atoms with van der Waals surface area (Å²) < 4.78 is 1.92. The molecule has 3 rings (SSSR count). The van der Waals surface area contributed by atoms with E-state index in [0.29, 0.717) is 13.0 Å². The molecule has 0 bridgehead atoms. The van der Waals surface area contributed by atoms with Crippen LogP contribution in [0.25, 0.3) is 0 Å². The third kappa shape index (κ3) is 4.32. The van der Waals surface area contributed by atoms with Gasteiger partial charge in [0.05, 0.1) is 12.4 Å². The van der Waals surface area contributed by atoms with Gasteiger partial charge >= 0.3 is 0 Å². The standard InChI is InChI=1S/C19H21N3OS/c1-15-8-12-24-19(15)17(13-16-5-3-2-4-6-16)21-18(23)7-10-22-11-9-20-14-22/h2-6,8-9,11-12,14,17H,7,10,13H2,1H3,(H,21,23). The Morgan fingerprint density at radius 1 is 1.29 bits per heavy atom. The van der Waals surface area contributed by atoms with Crippen LogP contribution in [0.2, 0.25) is 0 Å². The number of nitrogens with zero attached hydrogens (tertiary/aromatic N) is 2. The van der Waals surface area contributed by atoms with Gasteiger partial charge in [0.15, 0.2) is 0 Å². The highest BCUT2D eigenvalue weighted by atomic mass is 32.1. The minimum atomic E-state index is 0.0164. The minimum absolute atomic E-state index is 0.0164. The molecule has 124 valence electrons. The number of carbonyl (C=O) groups is 1. The van der Waals surface area contributed by atoms with E-state index in [-0.39, 0.29) is 11.9 Å². The highest BCUT2D eigenvalue weighted by molar-refractivity contribution is 7.10. The van der Waals surface area contributed by atoms with Gasteiger partial charge in [-0.25, -0.2) is 4.98 Å². The molecule has 0 spiro atoms. The maximum absolute atomic E-state index is 12.4. The van der Waals surface area contributed by atoms with E-state index in [4.69, 9.17) is 0 Å². The van der Waals surface area contributed by atoms with Crippen molar-refractivity contribution in [3.63, 3.8) is 0 Å². The lowest BCUT2D eigenvalue weighted by molar-refractivity contribution is -0.122. The third-order valence-electron chi connectivity index (χ3n) is 3.99. The zero-order valence-corrected chi connectivity index (χ0v) is 14.5. The number of rotatable bonds is 7. The lowest BCUT2D eigenvalue weighted by atomic mass is 10.0. The molecule has 0 radical (unpaired) electrons. The average molecular weight is 339 g/mol. The molecule has 0 aliphatic carbocycles. The summed E-state index contributed by atoms with van der Waals surface area (Å²) in [6, 6.07) is 12.4. The summed E-state index contributed by atoms with van der Waals surface area (Å²) in [5.41, 5.74) is 2.46. The summed E-state index contributed by atoms with van der Waals surface area (Å²) in [4.78, 5) is 17.6. The summed E-state index contributed by atoms with van der Waals surface area (Å²) in [6.45, 7) is 2.74. The zero-order valence-electron chi connectivity index (χ0n) is 13.7. The van der Waals surface area contributed by atoms with Crippen LogP contribution in [-0.4, -0.2) is 15.5 Å². The average Bonchev–Trinajstić information content (AvgIpc) is 3.25. The Morgan fingerprint density at radius 2 is 2.12 bits per heavy atom. The predicted octanol–water partition coefficient (Wildman–Crippen LogP) is 3.74. The van der Waals surface area contributed by atoms with E-state index in [1.165, 1.54) is 16.0 Å². The number of imidazole rings is 1. The normalized spacial score (nSPS) is 12.0. The van der Waals surface area contributed by atoms with Gasteiger partial charge in [-0.15, -0.1) is 11.3 Å². The second-order valence-electron chi connectivity index (χ2n) is 5.83. The fraction of sp³-hybridized carbons (Fsp3) is 0.263. The van der Waals surface area contributed by atoms with Crippen LogP contribution < -0.4 is 5.32 Å². The molecule has 1 aromatic carbocycles. The first-order chi connectivity index (χ1) is 11.7. The van der Waals surface area contributed by atoms with Gasteiger partial charge in [-0.05, 0) is 35.9 Å². The van der Waals surface area contributed by atoms with E-state index in [1.54, 1.807) is 23.9 Å². The SMILES string of the molecule is Cc1ccsc1C(Cc1ccccc1)NC(=O)CCn1ccnc1. The van der Waals surface area contributed by atoms with Gasteiger partial charge in [0.1, 0.15) is 0 Å². The Hall–Kier alpha value is -2.40. The summed E-state index contributed by atoms with van der Waals surface area (Å²) in [7, 11) is 0. The number of nitrogens with one attached hydrogen (secondary N) is 1. The Kier molecular flexibility index (Phi) is 5.43. The maximum Gasteiger partial charge on any atom is 0.222 e. The molecule has 4 nitrogen and oxygen atoms in total. The number of benzene rings is 1. The van der Waals surface area contributed by atoms with Crippen molar-refractivity contribution in [2.75, 3.05) is 0 Å². The maximum atomic E-state index is 12.4. The lowest BCUT2D eigenvalue weighted by Gasteiger charge is -2.19. The number of carbonyl (C=O) groups excluding carboxylic acids is 1. The molecule has 2 heterocycles. The van der Waals surface area contributed by atoms with Crippen LogP contribution in [0.4, 0.5) is 0 Å². The van der Waals surface area contributed by atoms with Crippen LogP contribution in [0.5, 0.6) is 0 Å². The Balaban J connectivity index is 1.67. The van der Waals surface area contributed by atoms with Gasteiger partial charge in [0.2, 0.25) is 5.91 Å². The van der Waals surface area contributed by atoms with Crippen LogP contribution in [0.3, 0.4) is 0 Å². The minimum Gasteiger partial charge on any atom is -0.348 e. The molecule has 0 saturated carbocycles. The van der Waals surface area contributed by atoms with Crippen molar-refractivity contribution in [1.82, 2.24) is 14.9 Å². The van der Waals surface area contributed by atoms with Crippen molar-refractivity contribution in [3.8, 4) is 0 Å². The van der Waals surface area contributed by atoms with E-state index in [1.807, 2.05) is 29.0 Å². The van der Waals surface area contributed by atoms with E-state index < -0.39 is 0 Å². The number of hydrogen-bond donors (Lipinski definition) is 1. The second-order valence-corrected chi connectivity index (χ2v) is 6.78. The highest BCUT2D eigenvalue weighted by Crippen LogP contribution is 2.27. The zero-order chi connectivity index (χ0) is 16.8. The first-order valence-corrected chi connectivity index (χ1v) is 8.93. The predicted molar refractivity (Wildman–Crippen MR) is 96.9 cm³/mol. The molecule has 0 fully saturated rings. The van der Waals surface area contributed by atoms with Crippen molar-refractivity contribution >= 4 is 17.2 Å². The quantitative estimate of drug-likeness (QED) is 0.713. The van der Waals surface area contributed by atoms with Crippen molar-refractivity contribution in [3.05, 3.63) is 76.5 Å². The van der Waals surface area contributed by atoms with E-state index in [0.717, 1.165) is 6.42 Å². The van der Waals surface area contributed by atoms with Gasteiger partial charge in [-0.2, -0.15) is 0 Å². The Labute approximate surface area is 146 Å². The molecule has 1 atom stereocenters. The second kappa shape index (κ2) is 7.93. The number of aromatic nitrogens is 2. The molecule has 1 N–H and O–H groups in total. The van der Waals surface area contributed by atoms with Crippen LogP contribution in [0, 0.1) is 6.92 Å². The molecule has 0 aliphatic rings. The van der Waals surface area contributed by atoms with Crippen LogP contribution in [0.1, 0.15) is 28.5 Å². The highest BCUT2D eigenvalue weighted by Gasteiger charge is 2.18. The Morgan fingerprint density at radius 3 is 2.79 bits per heavy atom. The summed E-state index contributed by atoms with van der Waals surface area (Å²) in [5.74, 6) is 0.0671. The lowest BCUT2D eigenvalue weighted by Crippen LogP contribution is -2.30. The summed E-state index contributed by atoms with van der Waals surface area (Å²) >= 11 is 1.70. The summed E-state index contributed by atoms with van der Waals surface area (Å²) in [5, 5.41) is 5.29. The van der Waals surface area contributed by atoms with Gasteiger partial charge in [0.25, 0.3) is 0 Å². The molecule has 3 aromatic rings. The monoisotopic (exact) mass is 339 g/mol. The Bertz CT molecular complexity index is 765. The molecule has 0 aliphatic heterocycles. The molecule has 24 heavy (non-hydrogen) atoms. The molecule has 1 unspecified atom stereocenters. The molecular formula is C19H21N3OS. The van der Waals surface area contributed by atoms with Crippen LogP contribution in [0.15, 0.2) is 60.5 Å². The first-order valence-electron chi connectivity index (χ1n) is 8.05. The van der Waals surface area contributed by atoms with Crippen LogP contribution >= 0.6 is 11.3 Å². The van der Waals surface area contributed by atoms with E-state index in [9.17, 15) is 4.79 Å².